The number of carbonyl (C=O) groups is 1. The minimum Gasteiger partial charge on any atom is -0.508 e. The second-order valence-electron chi connectivity index (χ2n) is 4.74. The van der Waals surface area contributed by atoms with Crippen LogP contribution in [0.3, 0.4) is 0 Å². The maximum atomic E-state index is 12.1. The second kappa shape index (κ2) is 5.21. The average molecular weight is 233 g/mol. The van der Waals surface area contributed by atoms with Crippen molar-refractivity contribution in [3.8, 4) is 5.75 Å². The van der Waals surface area contributed by atoms with Crippen molar-refractivity contribution in [2.75, 3.05) is 6.54 Å². The number of carbonyl (C=O) groups excluding carboxylic acids is 1. The van der Waals surface area contributed by atoms with E-state index in [1.165, 1.54) is 6.42 Å². The number of aromatic hydroxyl groups is 1. The van der Waals surface area contributed by atoms with Crippen molar-refractivity contribution in [3.63, 3.8) is 0 Å². The quantitative estimate of drug-likeness (QED) is 0.851. The van der Waals surface area contributed by atoms with E-state index in [9.17, 15) is 9.90 Å². The van der Waals surface area contributed by atoms with Crippen LogP contribution in [0.4, 0.5) is 0 Å². The summed E-state index contributed by atoms with van der Waals surface area (Å²) in [7, 11) is 0. The van der Waals surface area contributed by atoms with Crippen molar-refractivity contribution in [1.82, 2.24) is 4.90 Å². The lowest BCUT2D eigenvalue weighted by molar-refractivity contribution is -0.133. The molecule has 1 aliphatic heterocycles. The van der Waals surface area contributed by atoms with Crippen molar-refractivity contribution >= 4 is 5.91 Å². The number of hydrogen-bond donors (Lipinski definition) is 1. The molecular weight excluding hydrogens is 214 g/mol. The molecule has 3 heteroatoms. The molecule has 0 spiro atoms. The smallest absolute Gasteiger partial charge is 0.227 e. The molecule has 1 N–H and O–H groups in total. The zero-order valence-electron chi connectivity index (χ0n) is 10.2. The number of rotatable bonds is 2. The lowest BCUT2D eigenvalue weighted by Gasteiger charge is -2.33. The first-order chi connectivity index (χ1) is 8.18. The van der Waals surface area contributed by atoms with Crippen molar-refractivity contribution in [2.45, 2.75) is 38.6 Å². The fourth-order valence-electron chi connectivity index (χ4n) is 2.39. The lowest BCUT2D eigenvalue weighted by atomic mass is 10.0. The molecular formula is C14H19NO2. The van der Waals surface area contributed by atoms with Crippen molar-refractivity contribution < 1.29 is 9.90 Å². The number of para-hydroxylation sites is 1. The van der Waals surface area contributed by atoms with Gasteiger partial charge in [0.15, 0.2) is 0 Å². The summed E-state index contributed by atoms with van der Waals surface area (Å²) in [5.74, 6) is 0.337. The number of hydrogen-bond acceptors (Lipinski definition) is 2. The Hall–Kier alpha value is -1.51. The Morgan fingerprint density at radius 2 is 2.18 bits per heavy atom. The molecule has 1 aromatic rings. The van der Waals surface area contributed by atoms with Crippen LogP contribution in [0.1, 0.15) is 31.7 Å². The van der Waals surface area contributed by atoms with Gasteiger partial charge < -0.3 is 10.0 Å². The van der Waals surface area contributed by atoms with E-state index in [1.807, 2.05) is 17.0 Å². The van der Waals surface area contributed by atoms with Crippen LogP contribution in [0.2, 0.25) is 0 Å². The molecule has 2 rings (SSSR count). The predicted octanol–water partition coefficient (Wildman–Crippen LogP) is 2.34. The number of nitrogens with zero attached hydrogens (tertiary/aromatic N) is 1. The Kier molecular flexibility index (Phi) is 3.67. The summed E-state index contributed by atoms with van der Waals surface area (Å²) in [6, 6.07) is 7.39. The van der Waals surface area contributed by atoms with E-state index in [0.29, 0.717) is 12.5 Å². The SMILES string of the molecule is CC1CCCCN1C(=O)Cc1ccccc1O. The van der Waals surface area contributed by atoms with Crippen molar-refractivity contribution in [1.29, 1.82) is 0 Å². The van der Waals surface area contributed by atoms with E-state index >= 15 is 0 Å². The van der Waals surface area contributed by atoms with Gasteiger partial charge in [-0.15, -0.1) is 0 Å². The number of amides is 1. The number of benzene rings is 1. The Morgan fingerprint density at radius 1 is 1.41 bits per heavy atom. The van der Waals surface area contributed by atoms with E-state index in [-0.39, 0.29) is 11.7 Å². The van der Waals surface area contributed by atoms with Gasteiger partial charge in [-0.05, 0) is 32.3 Å². The molecule has 1 fully saturated rings. The third kappa shape index (κ3) is 2.78. The molecule has 1 saturated heterocycles. The highest BCUT2D eigenvalue weighted by Crippen LogP contribution is 2.21. The van der Waals surface area contributed by atoms with Gasteiger partial charge >= 0.3 is 0 Å². The highest BCUT2D eigenvalue weighted by Gasteiger charge is 2.23. The topological polar surface area (TPSA) is 40.5 Å². The third-order valence-corrected chi connectivity index (χ3v) is 3.46. The highest BCUT2D eigenvalue weighted by atomic mass is 16.3. The molecule has 1 atom stereocenters. The van der Waals surface area contributed by atoms with Crippen LogP contribution in [0.5, 0.6) is 5.75 Å². The van der Waals surface area contributed by atoms with Gasteiger partial charge in [-0.1, -0.05) is 18.2 Å². The van der Waals surface area contributed by atoms with Gasteiger partial charge in [0.25, 0.3) is 0 Å². The summed E-state index contributed by atoms with van der Waals surface area (Å²) in [6.07, 6.45) is 3.70. The van der Waals surface area contributed by atoms with Crippen LogP contribution in [0.25, 0.3) is 0 Å². The standard InChI is InChI=1S/C14H19NO2/c1-11-6-4-5-9-15(11)14(17)10-12-7-2-3-8-13(12)16/h2-3,7-8,11,16H,4-6,9-10H2,1H3. The molecule has 1 aliphatic rings. The molecule has 17 heavy (non-hydrogen) atoms. The number of likely N-dealkylation sites (tertiary alicyclic amines) is 1. The van der Waals surface area contributed by atoms with Gasteiger partial charge in [0.2, 0.25) is 5.91 Å². The van der Waals surface area contributed by atoms with Gasteiger partial charge in [0, 0.05) is 18.2 Å². The summed E-state index contributed by atoms with van der Waals surface area (Å²) in [4.78, 5) is 14.1. The predicted molar refractivity (Wildman–Crippen MR) is 66.8 cm³/mol. The summed E-state index contributed by atoms with van der Waals surface area (Å²) in [5.41, 5.74) is 0.718. The fourth-order valence-corrected chi connectivity index (χ4v) is 2.39. The van der Waals surface area contributed by atoms with Gasteiger partial charge in [-0.25, -0.2) is 0 Å². The van der Waals surface area contributed by atoms with E-state index < -0.39 is 0 Å². The molecule has 92 valence electrons. The molecule has 1 heterocycles. The summed E-state index contributed by atoms with van der Waals surface area (Å²) >= 11 is 0. The van der Waals surface area contributed by atoms with E-state index in [1.54, 1.807) is 12.1 Å². The minimum absolute atomic E-state index is 0.124. The molecule has 0 aliphatic carbocycles. The molecule has 0 bridgehead atoms. The van der Waals surface area contributed by atoms with Gasteiger partial charge in [0.1, 0.15) is 5.75 Å². The number of piperidine rings is 1. The Bertz CT molecular complexity index is 403. The van der Waals surface area contributed by atoms with Crippen LogP contribution in [-0.2, 0) is 11.2 Å². The third-order valence-electron chi connectivity index (χ3n) is 3.46. The van der Waals surface area contributed by atoms with E-state index in [4.69, 9.17) is 0 Å². The van der Waals surface area contributed by atoms with E-state index in [0.717, 1.165) is 24.9 Å². The first-order valence-corrected chi connectivity index (χ1v) is 6.25. The molecule has 0 radical (unpaired) electrons. The van der Waals surface area contributed by atoms with E-state index in [2.05, 4.69) is 6.92 Å². The van der Waals surface area contributed by atoms with Crippen LogP contribution >= 0.6 is 0 Å². The molecule has 1 unspecified atom stereocenters. The van der Waals surface area contributed by atoms with Gasteiger partial charge in [-0.2, -0.15) is 0 Å². The number of phenolic OH excluding ortho intramolecular Hbond substituents is 1. The normalized spacial score (nSPS) is 20.3. The average Bonchev–Trinajstić information content (AvgIpc) is 2.32. The Labute approximate surface area is 102 Å². The van der Waals surface area contributed by atoms with Crippen LogP contribution < -0.4 is 0 Å². The summed E-state index contributed by atoms with van der Waals surface area (Å²) in [5, 5.41) is 9.65. The van der Waals surface area contributed by atoms with Crippen molar-refractivity contribution in [2.24, 2.45) is 0 Å². The second-order valence-corrected chi connectivity index (χ2v) is 4.74. The summed E-state index contributed by atoms with van der Waals surface area (Å²) in [6.45, 7) is 2.95. The first kappa shape index (κ1) is 12.0. The van der Waals surface area contributed by atoms with Crippen LogP contribution in [-0.4, -0.2) is 28.5 Å². The lowest BCUT2D eigenvalue weighted by Crippen LogP contribution is -2.42. The Morgan fingerprint density at radius 3 is 2.88 bits per heavy atom. The maximum absolute atomic E-state index is 12.1. The first-order valence-electron chi connectivity index (χ1n) is 6.25. The fraction of sp³-hybridized carbons (Fsp3) is 0.500. The zero-order chi connectivity index (χ0) is 12.3. The monoisotopic (exact) mass is 233 g/mol. The van der Waals surface area contributed by atoms with Crippen molar-refractivity contribution in [3.05, 3.63) is 29.8 Å². The van der Waals surface area contributed by atoms with Crippen LogP contribution in [0.15, 0.2) is 24.3 Å². The highest BCUT2D eigenvalue weighted by molar-refractivity contribution is 5.79. The van der Waals surface area contributed by atoms with Gasteiger partial charge in [-0.3, -0.25) is 4.79 Å². The molecule has 0 aromatic heterocycles. The molecule has 3 nitrogen and oxygen atoms in total. The minimum atomic E-state index is 0.124. The van der Waals surface area contributed by atoms with Gasteiger partial charge in [0.05, 0.1) is 6.42 Å². The number of phenols is 1. The maximum Gasteiger partial charge on any atom is 0.227 e. The molecule has 1 aromatic carbocycles. The Balaban J connectivity index is 2.03. The van der Waals surface area contributed by atoms with Crippen LogP contribution in [0, 0.1) is 0 Å². The zero-order valence-corrected chi connectivity index (χ0v) is 10.2. The summed E-state index contributed by atoms with van der Waals surface area (Å²) < 4.78 is 0. The molecule has 0 saturated carbocycles. The largest absolute Gasteiger partial charge is 0.508 e. The molecule has 1 amide bonds.